The molecule has 0 fully saturated rings. The highest BCUT2D eigenvalue weighted by Crippen LogP contribution is 2.18. The third kappa shape index (κ3) is 5.95. The first-order valence-corrected chi connectivity index (χ1v) is 5.93. The van der Waals surface area contributed by atoms with Crippen molar-refractivity contribution in [2.24, 2.45) is 5.92 Å². The molecule has 0 bridgehead atoms. The average Bonchev–Trinajstić information content (AvgIpc) is 2.27. The van der Waals surface area contributed by atoms with Gasteiger partial charge in [-0.05, 0) is 37.1 Å². The molecule has 0 aromatic heterocycles. The standard InChI is InChI=1S/C14H20O3/c1-11(2)10-17-14-6-4-13(5-7-14)16-9-8-12(3)15/h4-7,11H,8-10H2,1-3H3. The van der Waals surface area contributed by atoms with Crippen LogP contribution in [0.25, 0.3) is 0 Å². The molecule has 1 aromatic carbocycles. The van der Waals surface area contributed by atoms with Crippen molar-refractivity contribution in [3.8, 4) is 11.5 Å². The zero-order valence-electron chi connectivity index (χ0n) is 10.7. The van der Waals surface area contributed by atoms with E-state index in [0.717, 1.165) is 11.5 Å². The fourth-order valence-corrected chi connectivity index (χ4v) is 1.21. The molecular weight excluding hydrogens is 216 g/mol. The molecule has 3 heteroatoms. The molecule has 0 saturated heterocycles. The van der Waals surface area contributed by atoms with Crippen LogP contribution in [0.4, 0.5) is 0 Å². The molecule has 0 aliphatic rings. The van der Waals surface area contributed by atoms with E-state index in [1.54, 1.807) is 6.92 Å². The van der Waals surface area contributed by atoms with Crippen LogP contribution in [0.1, 0.15) is 27.2 Å². The number of ether oxygens (including phenoxy) is 2. The van der Waals surface area contributed by atoms with Gasteiger partial charge in [0.25, 0.3) is 0 Å². The van der Waals surface area contributed by atoms with Crippen molar-refractivity contribution in [2.45, 2.75) is 27.2 Å². The molecule has 0 unspecified atom stereocenters. The molecule has 0 saturated carbocycles. The Kier molecular flexibility index (Phi) is 5.53. The van der Waals surface area contributed by atoms with Gasteiger partial charge < -0.3 is 9.47 Å². The molecule has 1 aromatic rings. The highest BCUT2D eigenvalue weighted by Gasteiger charge is 1.99. The summed E-state index contributed by atoms with van der Waals surface area (Å²) in [5.41, 5.74) is 0. The third-order valence-corrected chi connectivity index (χ3v) is 2.13. The molecule has 94 valence electrons. The Balaban J connectivity index is 2.36. The lowest BCUT2D eigenvalue weighted by Crippen LogP contribution is -2.05. The number of hydrogen-bond donors (Lipinski definition) is 0. The summed E-state index contributed by atoms with van der Waals surface area (Å²) in [5, 5.41) is 0. The van der Waals surface area contributed by atoms with Gasteiger partial charge in [0.1, 0.15) is 17.3 Å². The van der Waals surface area contributed by atoms with Crippen molar-refractivity contribution < 1.29 is 14.3 Å². The summed E-state index contributed by atoms with van der Waals surface area (Å²) in [6.45, 7) is 6.93. The second-order valence-electron chi connectivity index (χ2n) is 4.48. The van der Waals surface area contributed by atoms with Gasteiger partial charge in [-0.15, -0.1) is 0 Å². The van der Waals surface area contributed by atoms with Gasteiger partial charge in [-0.25, -0.2) is 0 Å². The van der Waals surface area contributed by atoms with Crippen LogP contribution in [0, 0.1) is 5.92 Å². The van der Waals surface area contributed by atoms with E-state index in [1.165, 1.54) is 0 Å². The first kappa shape index (κ1) is 13.6. The Morgan fingerprint density at radius 1 is 1.12 bits per heavy atom. The molecule has 0 spiro atoms. The highest BCUT2D eigenvalue weighted by atomic mass is 16.5. The van der Waals surface area contributed by atoms with Crippen molar-refractivity contribution in [2.75, 3.05) is 13.2 Å². The van der Waals surface area contributed by atoms with Crippen LogP contribution in [-0.4, -0.2) is 19.0 Å². The van der Waals surface area contributed by atoms with E-state index in [9.17, 15) is 4.79 Å². The Morgan fingerprint density at radius 3 is 2.12 bits per heavy atom. The van der Waals surface area contributed by atoms with Gasteiger partial charge in [-0.3, -0.25) is 4.79 Å². The maximum absolute atomic E-state index is 10.7. The van der Waals surface area contributed by atoms with E-state index in [4.69, 9.17) is 9.47 Å². The maximum atomic E-state index is 10.7. The first-order valence-electron chi connectivity index (χ1n) is 5.93. The summed E-state index contributed by atoms with van der Waals surface area (Å²) < 4.78 is 11.0. The van der Waals surface area contributed by atoms with Gasteiger partial charge in [0, 0.05) is 6.42 Å². The monoisotopic (exact) mass is 236 g/mol. The fourth-order valence-electron chi connectivity index (χ4n) is 1.21. The quantitative estimate of drug-likeness (QED) is 0.729. The molecule has 0 N–H and O–H groups in total. The summed E-state index contributed by atoms with van der Waals surface area (Å²) in [7, 11) is 0. The normalized spacial score (nSPS) is 10.4. The van der Waals surface area contributed by atoms with E-state index in [2.05, 4.69) is 13.8 Å². The third-order valence-electron chi connectivity index (χ3n) is 2.13. The molecular formula is C14H20O3. The molecule has 3 nitrogen and oxygen atoms in total. The van der Waals surface area contributed by atoms with Gasteiger partial charge in [0.15, 0.2) is 0 Å². The number of ketones is 1. The zero-order chi connectivity index (χ0) is 12.7. The number of Topliss-reactive ketones (excluding diaryl/α,β-unsaturated/α-hetero) is 1. The number of carbonyl (C=O) groups is 1. The van der Waals surface area contributed by atoms with Crippen molar-refractivity contribution in [3.63, 3.8) is 0 Å². The largest absolute Gasteiger partial charge is 0.493 e. The minimum atomic E-state index is 0.141. The number of hydrogen-bond acceptors (Lipinski definition) is 3. The van der Waals surface area contributed by atoms with E-state index < -0.39 is 0 Å². The molecule has 0 atom stereocenters. The van der Waals surface area contributed by atoms with E-state index in [0.29, 0.717) is 25.6 Å². The Hall–Kier alpha value is -1.51. The predicted octanol–water partition coefficient (Wildman–Crippen LogP) is 3.08. The second-order valence-corrected chi connectivity index (χ2v) is 4.48. The average molecular weight is 236 g/mol. The van der Waals surface area contributed by atoms with E-state index in [-0.39, 0.29) is 5.78 Å². The van der Waals surface area contributed by atoms with Crippen molar-refractivity contribution >= 4 is 5.78 Å². The Labute approximate surface area is 103 Å². The highest BCUT2D eigenvalue weighted by molar-refractivity contribution is 5.75. The minimum absolute atomic E-state index is 0.141. The minimum Gasteiger partial charge on any atom is -0.493 e. The SMILES string of the molecule is CC(=O)CCOc1ccc(OCC(C)C)cc1. The lowest BCUT2D eigenvalue weighted by molar-refractivity contribution is -0.117. The van der Waals surface area contributed by atoms with Crippen molar-refractivity contribution in [1.29, 1.82) is 0 Å². The van der Waals surface area contributed by atoms with Crippen molar-refractivity contribution in [3.05, 3.63) is 24.3 Å². The van der Waals surface area contributed by atoms with Gasteiger partial charge in [-0.2, -0.15) is 0 Å². The topological polar surface area (TPSA) is 35.5 Å². The summed E-state index contributed by atoms with van der Waals surface area (Å²) in [4.78, 5) is 10.7. The van der Waals surface area contributed by atoms with Crippen LogP contribution in [0.5, 0.6) is 11.5 Å². The first-order chi connectivity index (χ1) is 8.08. The zero-order valence-corrected chi connectivity index (χ0v) is 10.7. The second kappa shape index (κ2) is 6.94. The van der Waals surface area contributed by atoms with Crippen LogP contribution >= 0.6 is 0 Å². The molecule has 0 heterocycles. The number of benzene rings is 1. The lowest BCUT2D eigenvalue weighted by Gasteiger charge is -2.09. The summed E-state index contributed by atoms with van der Waals surface area (Å²) in [5.74, 6) is 2.27. The van der Waals surface area contributed by atoms with E-state index in [1.807, 2.05) is 24.3 Å². The smallest absolute Gasteiger partial charge is 0.133 e. The summed E-state index contributed by atoms with van der Waals surface area (Å²) in [6.07, 6.45) is 0.450. The van der Waals surface area contributed by atoms with Crippen LogP contribution in [0.2, 0.25) is 0 Å². The molecule has 0 amide bonds. The predicted molar refractivity (Wildman–Crippen MR) is 67.6 cm³/mol. The van der Waals surface area contributed by atoms with Crippen LogP contribution in [-0.2, 0) is 4.79 Å². The van der Waals surface area contributed by atoms with Crippen LogP contribution in [0.15, 0.2) is 24.3 Å². The molecule has 0 radical (unpaired) electrons. The fraction of sp³-hybridized carbons (Fsp3) is 0.500. The Morgan fingerprint density at radius 2 is 1.65 bits per heavy atom. The van der Waals surface area contributed by atoms with Crippen LogP contribution in [0.3, 0.4) is 0 Å². The lowest BCUT2D eigenvalue weighted by atomic mass is 10.2. The summed E-state index contributed by atoms with van der Waals surface area (Å²) in [6, 6.07) is 7.47. The van der Waals surface area contributed by atoms with Gasteiger partial charge in [0.2, 0.25) is 0 Å². The van der Waals surface area contributed by atoms with E-state index >= 15 is 0 Å². The Bertz CT molecular complexity index is 341. The van der Waals surface area contributed by atoms with Crippen molar-refractivity contribution in [1.82, 2.24) is 0 Å². The van der Waals surface area contributed by atoms with Gasteiger partial charge in [0.05, 0.1) is 13.2 Å². The van der Waals surface area contributed by atoms with Gasteiger partial charge >= 0.3 is 0 Å². The maximum Gasteiger partial charge on any atom is 0.133 e. The molecule has 0 aliphatic carbocycles. The molecule has 1 rings (SSSR count). The van der Waals surface area contributed by atoms with Gasteiger partial charge in [-0.1, -0.05) is 13.8 Å². The number of rotatable bonds is 7. The molecule has 0 aliphatic heterocycles. The molecule has 17 heavy (non-hydrogen) atoms. The number of carbonyl (C=O) groups excluding carboxylic acids is 1. The van der Waals surface area contributed by atoms with Crippen LogP contribution < -0.4 is 9.47 Å². The summed E-state index contributed by atoms with van der Waals surface area (Å²) >= 11 is 0.